The topological polar surface area (TPSA) is 83.0 Å². The number of hydrogen-bond acceptors (Lipinski definition) is 4. The van der Waals surface area contributed by atoms with Crippen LogP contribution in [0, 0.1) is 0 Å². The average molecular weight is 266 g/mol. The second kappa shape index (κ2) is 6.65. The molecular weight excluding hydrogens is 244 g/mol. The molecule has 19 heavy (non-hydrogen) atoms. The molecule has 0 radical (unpaired) electrons. The van der Waals surface area contributed by atoms with Gasteiger partial charge in [0.2, 0.25) is 5.91 Å². The van der Waals surface area contributed by atoms with Crippen molar-refractivity contribution in [2.24, 2.45) is 5.73 Å². The van der Waals surface area contributed by atoms with E-state index in [-0.39, 0.29) is 12.3 Å². The molecule has 1 saturated carbocycles. The fourth-order valence-electron chi connectivity index (χ4n) is 2.40. The summed E-state index contributed by atoms with van der Waals surface area (Å²) in [5, 5.41) is 8.30. The number of amides is 1. The Kier molecular flexibility index (Phi) is 4.90. The lowest BCUT2D eigenvalue weighted by Crippen LogP contribution is -2.20. The summed E-state index contributed by atoms with van der Waals surface area (Å²) < 4.78 is 7.26. The number of aromatic nitrogens is 3. The zero-order valence-corrected chi connectivity index (χ0v) is 11.5. The van der Waals surface area contributed by atoms with Gasteiger partial charge in [-0.05, 0) is 26.2 Å². The number of primary amides is 1. The van der Waals surface area contributed by atoms with Crippen LogP contribution in [-0.4, -0.2) is 34.1 Å². The van der Waals surface area contributed by atoms with Gasteiger partial charge in [-0.25, -0.2) is 4.68 Å². The second-order valence-corrected chi connectivity index (χ2v) is 4.97. The van der Waals surface area contributed by atoms with Gasteiger partial charge in [0.25, 0.3) is 0 Å². The number of aryl methyl sites for hydroxylation is 1. The first kappa shape index (κ1) is 14.0. The molecule has 1 aromatic rings. The lowest BCUT2D eigenvalue weighted by atomic mass is 9.81. The maximum atomic E-state index is 11.1. The van der Waals surface area contributed by atoms with Crippen LogP contribution in [0.5, 0.6) is 0 Å². The van der Waals surface area contributed by atoms with E-state index in [1.807, 2.05) is 11.6 Å². The summed E-state index contributed by atoms with van der Waals surface area (Å²) in [6.45, 7) is 4.24. The third-order valence-corrected chi connectivity index (χ3v) is 3.54. The first-order valence-corrected chi connectivity index (χ1v) is 7.00. The lowest BCUT2D eigenvalue weighted by Gasteiger charge is -2.26. The highest BCUT2D eigenvalue weighted by Crippen LogP contribution is 2.37. The van der Waals surface area contributed by atoms with Gasteiger partial charge in [0.1, 0.15) is 0 Å². The molecule has 1 aliphatic rings. The minimum absolute atomic E-state index is 0.192. The average Bonchev–Trinajstić information content (AvgIpc) is 2.66. The van der Waals surface area contributed by atoms with Crippen molar-refractivity contribution in [1.82, 2.24) is 15.0 Å². The van der Waals surface area contributed by atoms with Crippen LogP contribution in [0.15, 0.2) is 0 Å². The Balaban J connectivity index is 2.04. The standard InChI is InChI=1S/C13H22N4O2/c1-2-19-8-4-7-17-13(10-5-3-6-10)11(15-16-17)9-12(14)18/h10H,2-9H2,1H3,(H2,14,18). The van der Waals surface area contributed by atoms with Crippen LogP contribution >= 0.6 is 0 Å². The molecule has 1 aliphatic carbocycles. The van der Waals surface area contributed by atoms with Gasteiger partial charge in [-0.3, -0.25) is 4.79 Å². The number of nitrogens with two attached hydrogens (primary N) is 1. The summed E-state index contributed by atoms with van der Waals surface area (Å²) in [7, 11) is 0. The van der Waals surface area contributed by atoms with Crippen molar-refractivity contribution < 1.29 is 9.53 Å². The van der Waals surface area contributed by atoms with Gasteiger partial charge in [-0.15, -0.1) is 5.10 Å². The van der Waals surface area contributed by atoms with E-state index in [9.17, 15) is 4.79 Å². The molecule has 0 aliphatic heterocycles. The number of ether oxygens (including phenoxy) is 1. The van der Waals surface area contributed by atoms with Gasteiger partial charge < -0.3 is 10.5 Å². The highest BCUT2D eigenvalue weighted by atomic mass is 16.5. The largest absolute Gasteiger partial charge is 0.382 e. The molecule has 106 valence electrons. The molecule has 6 heteroatoms. The Morgan fingerprint density at radius 2 is 2.32 bits per heavy atom. The minimum Gasteiger partial charge on any atom is -0.382 e. The predicted octanol–water partition coefficient (Wildman–Crippen LogP) is 1.000. The molecule has 1 aromatic heterocycles. The van der Waals surface area contributed by atoms with E-state index in [0.717, 1.165) is 50.4 Å². The number of carbonyl (C=O) groups is 1. The smallest absolute Gasteiger partial charge is 0.223 e. The summed E-state index contributed by atoms with van der Waals surface area (Å²) in [5.41, 5.74) is 7.14. The van der Waals surface area contributed by atoms with Crippen molar-refractivity contribution in [3.8, 4) is 0 Å². The summed E-state index contributed by atoms with van der Waals surface area (Å²) in [6, 6.07) is 0. The number of rotatable bonds is 8. The molecular formula is C13H22N4O2. The van der Waals surface area contributed by atoms with Crippen LogP contribution in [0.1, 0.15) is 49.9 Å². The fraction of sp³-hybridized carbons (Fsp3) is 0.769. The third kappa shape index (κ3) is 3.53. The molecule has 0 bridgehead atoms. The van der Waals surface area contributed by atoms with Gasteiger partial charge in [0.15, 0.2) is 0 Å². The summed E-state index contributed by atoms with van der Waals surface area (Å²) in [4.78, 5) is 11.1. The Bertz CT molecular complexity index is 426. The van der Waals surface area contributed by atoms with Crippen LogP contribution in [0.25, 0.3) is 0 Å². The molecule has 0 unspecified atom stereocenters. The predicted molar refractivity (Wildman–Crippen MR) is 70.6 cm³/mol. The van der Waals surface area contributed by atoms with Crippen molar-refractivity contribution in [1.29, 1.82) is 0 Å². The number of nitrogens with zero attached hydrogens (tertiary/aromatic N) is 3. The normalized spacial score (nSPS) is 15.4. The quantitative estimate of drug-likeness (QED) is 0.711. The van der Waals surface area contributed by atoms with E-state index < -0.39 is 0 Å². The molecule has 0 atom stereocenters. The monoisotopic (exact) mass is 266 g/mol. The van der Waals surface area contributed by atoms with Crippen LogP contribution in [0.3, 0.4) is 0 Å². The number of hydrogen-bond donors (Lipinski definition) is 1. The fourth-order valence-corrected chi connectivity index (χ4v) is 2.40. The van der Waals surface area contributed by atoms with Gasteiger partial charge in [0, 0.05) is 25.7 Å². The highest BCUT2D eigenvalue weighted by Gasteiger charge is 2.27. The second-order valence-electron chi connectivity index (χ2n) is 4.97. The van der Waals surface area contributed by atoms with Gasteiger partial charge >= 0.3 is 0 Å². The molecule has 2 N–H and O–H groups in total. The van der Waals surface area contributed by atoms with Crippen molar-refractivity contribution in [2.75, 3.05) is 13.2 Å². The Morgan fingerprint density at radius 1 is 1.53 bits per heavy atom. The van der Waals surface area contributed by atoms with Gasteiger partial charge in [-0.1, -0.05) is 11.6 Å². The molecule has 0 saturated heterocycles. The van der Waals surface area contributed by atoms with Crippen molar-refractivity contribution in [3.63, 3.8) is 0 Å². The lowest BCUT2D eigenvalue weighted by molar-refractivity contribution is -0.117. The highest BCUT2D eigenvalue weighted by molar-refractivity contribution is 5.76. The molecule has 0 spiro atoms. The SMILES string of the molecule is CCOCCCn1nnc(CC(N)=O)c1C1CCC1. The maximum Gasteiger partial charge on any atom is 0.223 e. The first-order valence-electron chi connectivity index (χ1n) is 7.00. The Hall–Kier alpha value is -1.43. The van der Waals surface area contributed by atoms with E-state index in [0.29, 0.717) is 5.92 Å². The van der Waals surface area contributed by atoms with Crippen molar-refractivity contribution in [3.05, 3.63) is 11.4 Å². The van der Waals surface area contributed by atoms with E-state index in [2.05, 4.69) is 10.3 Å². The Labute approximate surface area is 113 Å². The van der Waals surface area contributed by atoms with Crippen LogP contribution < -0.4 is 5.73 Å². The van der Waals surface area contributed by atoms with E-state index in [4.69, 9.17) is 10.5 Å². The Morgan fingerprint density at radius 3 is 2.89 bits per heavy atom. The first-order chi connectivity index (χ1) is 9.22. The van der Waals surface area contributed by atoms with Crippen LogP contribution in [-0.2, 0) is 22.5 Å². The summed E-state index contributed by atoms with van der Waals surface area (Å²) in [5.74, 6) is 0.151. The number of carbonyl (C=O) groups excluding carboxylic acids is 1. The molecule has 6 nitrogen and oxygen atoms in total. The van der Waals surface area contributed by atoms with Gasteiger partial charge in [-0.2, -0.15) is 0 Å². The summed E-state index contributed by atoms with van der Waals surface area (Å²) in [6.07, 6.45) is 4.66. The maximum absolute atomic E-state index is 11.1. The minimum atomic E-state index is -0.345. The zero-order valence-electron chi connectivity index (χ0n) is 11.5. The molecule has 0 aromatic carbocycles. The summed E-state index contributed by atoms with van der Waals surface area (Å²) >= 11 is 0. The van der Waals surface area contributed by atoms with Crippen molar-refractivity contribution >= 4 is 5.91 Å². The molecule has 2 rings (SSSR count). The molecule has 1 fully saturated rings. The van der Waals surface area contributed by atoms with E-state index in [1.54, 1.807) is 0 Å². The zero-order chi connectivity index (χ0) is 13.7. The van der Waals surface area contributed by atoms with E-state index in [1.165, 1.54) is 6.42 Å². The molecule has 1 amide bonds. The van der Waals surface area contributed by atoms with Gasteiger partial charge in [0.05, 0.1) is 17.8 Å². The van der Waals surface area contributed by atoms with Crippen molar-refractivity contribution in [2.45, 2.75) is 51.5 Å². The van der Waals surface area contributed by atoms with Crippen LogP contribution in [0.4, 0.5) is 0 Å². The molecule has 1 heterocycles. The van der Waals surface area contributed by atoms with Crippen LogP contribution in [0.2, 0.25) is 0 Å². The van der Waals surface area contributed by atoms with E-state index >= 15 is 0 Å². The third-order valence-electron chi connectivity index (χ3n) is 3.54.